The molecule has 0 spiro atoms. The molecule has 0 unspecified atom stereocenters. The second-order valence-corrected chi connectivity index (χ2v) is 5.25. The maximum absolute atomic E-state index is 12.2. The van der Waals surface area contributed by atoms with Gasteiger partial charge >= 0.3 is 0 Å². The molecule has 0 aliphatic rings. The molecule has 4 nitrogen and oxygen atoms in total. The fraction of sp³-hybridized carbons (Fsp3) is 0.375. The highest BCUT2D eigenvalue weighted by molar-refractivity contribution is 5.96. The van der Waals surface area contributed by atoms with Crippen molar-refractivity contribution < 1.29 is 4.79 Å². The van der Waals surface area contributed by atoms with E-state index in [1.165, 1.54) is 0 Å². The Morgan fingerprint density at radius 1 is 1.30 bits per heavy atom. The Morgan fingerprint density at radius 2 is 2.00 bits per heavy atom. The van der Waals surface area contributed by atoms with Crippen molar-refractivity contribution in [1.29, 1.82) is 0 Å². The van der Waals surface area contributed by atoms with E-state index in [0.717, 1.165) is 11.8 Å². The van der Waals surface area contributed by atoms with E-state index in [-0.39, 0.29) is 17.5 Å². The summed E-state index contributed by atoms with van der Waals surface area (Å²) in [7, 11) is 0. The van der Waals surface area contributed by atoms with Gasteiger partial charge in [-0.1, -0.05) is 38.5 Å². The largest absolute Gasteiger partial charge is 0.348 e. The van der Waals surface area contributed by atoms with Gasteiger partial charge in [-0.05, 0) is 30.4 Å². The van der Waals surface area contributed by atoms with Gasteiger partial charge in [0.15, 0.2) is 0 Å². The minimum absolute atomic E-state index is 0.0717. The number of nitrogens with one attached hydrogen (secondary N) is 2. The molecule has 1 aromatic carbocycles. The molecule has 0 aliphatic carbocycles. The maximum Gasteiger partial charge on any atom is 0.268 e. The Hall–Kier alpha value is -2.10. The number of aromatic nitrogens is 1. The number of pyridine rings is 1. The predicted octanol–water partition coefficient (Wildman–Crippen LogP) is 2.69. The minimum atomic E-state index is -0.236. The lowest BCUT2D eigenvalue weighted by Crippen LogP contribution is -2.37. The lowest BCUT2D eigenvalue weighted by Gasteiger charge is -2.19. The van der Waals surface area contributed by atoms with E-state index in [4.69, 9.17) is 0 Å². The molecule has 0 fully saturated rings. The molecule has 0 saturated heterocycles. The van der Waals surface area contributed by atoms with Crippen LogP contribution in [0.15, 0.2) is 35.1 Å². The first kappa shape index (κ1) is 14.3. The quantitative estimate of drug-likeness (QED) is 0.899. The molecule has 0 saturated carbocycles. The van der Waals surface area contributed by atoms with E-state index in [9.17, 15) is 9.59 Å². The van der Waals surface area contributed by atoms with Crippen LogP contribution >= 0.6 is 0 Å². The van der Waals surface area contributed by atoms with Crippen molar-refractivity contribution in [3.05, 3.63) is 46.4 Å². The number of H-pyrrole nitrogens is 1. The van der Waals surface area contributed by atoms with E-state index in [2.05, 4.69) is 24.1 Å². The molecule has 106 valence electrons. The summed E-state index contributed by atoms with van der Waals surface area (Å²) in [5.41, 5.74) is 0.0771. The maximum atomic E-state index is 12.2. The second kappa shape index (κ2) is 5.90. The average molecular weight is 272 g/mol. The molecule has 2 aromatic rings. The van der Waals surface area contributed by atoms with Crippen LogP contribution in [0.1, 0.15) is 37.7 Å². The zero-order valence-corrected chi connectivity index (χ0v) is 12.1. The van der Waals surface area contributed by atoms with Gasteiger partial charge in [0.25, 0.3) is 11.5 Å². The standard InChI is InChI=1S/C16H20N2O2/c1-4-10(2)11(3)17-16(20)14-9-12-7-5-6-8-13(12)15(19)18-14/h5-11H,4H2,1-3H3,(H,17,20)(H,18,19)/t10-,11+/m1/s1. The highest BCUT2D eigenvalue weighted by Crippen LogP contribution is 2.11. The van der Waals surface area contributed by atoms with Gasteiger partial charge in [0.2, 0.25) is 0 Å². The Balaban J connectivity index is 2.29. The van der Waals surface area contributed by atoms with Crippen molar-refractivity contribution in [1.82, 2.24) is 10.3 Å². The van der Waals surface area contributed by atoms with Gasteiger partial charge in [0, 0.05) is 11.4 Å². The molecule has 4 heteroatoms. The summed E-state index contributed by atoms with van der Waals surface area (Å²) in [6, 6.07) is 9.03. The zero-order valence-electron chi connectivity index (χ0n) is 12.1. The Bertz CT molecular complexity index is 675. The summed E-state index contributed by atoms with van der Waals surface area (Å²) >= 11 is 0. The van der Waals surface area contributed by atoms with E-state index < -0.39 is 0 Å². The second-order valence-electron chi connectivity index (χ2n) is 5.25. The molecule has 0 bridgehead atoms. The Kier molecular flexibility index (Phi) is 4.23. The zero-order chi connectivity index (χ0) is 14.7. The monoisotopic (exact) mass is 272 g/mol. The molecule has 1 amide bonds. The summed E-state index contributed by atoms with van der Waals surface area (Å²) in [5, 5.41) is 4.30. The molecule has 0 radical (unpaired) electrons. The molecule has 2 N–H and O–H groups in total. The first-order chi connectivity index (χ1) is 9.52. The third-order valence-corrected chi connectivity index (χ3v) is 3.85. The number of amides is 1. The van der Waals surface area contributed by atoms with Crippen molar-refractivity contribution in [3.8, 4) is 0 Å². The van der Waals surface area contributed by atoms with Gasteiger partial charge in [-0.2, -0.15) is 0 Å². The Morgan fingerprint density at radius 3 is 2.70 bits per heavy atom. The van der Waals surface area contributed by atoms with Crippen LogP contribution in [-0.2, 0) is 0 Å². The highest BCUT2D eigenvalue weighted by Gasteiger charge is 2.15. The predicted molar refractivity (Wildman–Crippen MR) is 81.0 cm³/mol. The number of fused-ring (bicyclic) bond motifs is 1. The minimum Gasteiger partial charge on any atom is -0.348 e. The lowest BCUT2D eigenvalue weighted by molar-refractivity contribution is 0.0923. The summed E-state index contributed by atoms with van der Waals surface area (Å²) < 4.78 is 0. The fourth-order valence-electron chi connectivity index (χ4n) is 2.11. The number of aromatic amines is 1. The molecule has 1 heterocycles. The van der Waals surface area contributed by atoms with Gasteiger partial charge in [-0.3, -0.25) is 9.59 Å². The normalized spacial score (nSPS) is 13.9. The third kappa shape index (κ3) is 2.90. The van der Waals surface area contributed by atoms with Crippen LogP contribution in [0, 0.1) is 5.92 Å². The molecule has 0 aliphatic heterocycles. The molecule has 2 atom stereocenters. The van der Waals surface area contributed by atoms with Crippen molar-refractivity contribution in [2.75, 3.05) is 0 Å². The van der Waals surface area contributed by atoms with Gasteiger partial charge in [0.05, 0.1) is 0 Å². The van der Waals surface area contributed by atoms with Crippen LogP contribution < -0.4 is 10.9 Å². The van der Waals surface area contributed by atoms with Crippen LogP contribution in [-0.4, -0.2) is 16.9 Å². The number of carbonyl (C=O) groups excluding carboxylic acids is 1. The third-order valence-electron chi connectivity index (χ3n) is 3.85. The van der Waals surface area contributed by atoms with Crippen molar-refractivity contribution >= 4 is 16.7 Å². The highest BCUT2D eigenvalue weighted by atomic mass is 16.2. The molecular weight excluding hydrogens is 252 g/mol. The average Bonchev–Trinajstić information content (AvgIpc) is 2.46. The number of carbonyl (C=O) groups is 1. The topological polar surface area (TPSA) is 62.0 Å². The molecule has 2 rings (SSSR count). The van der Waals surface area contributed by atoms with Crippen molar-refractivity contribution in [2.24, 2.45) is 5.92 Å². The summed E-state index contributed by atoms with van der Waals surface area (Å²) in [4.78, 5) is 26.8. The first-order valence-corrected chi connectivity index (χ1v) is 6.96. The fourth-order valence-corrected chi connectivity index (χ4v) is 2.11. The van der Waals surface area contributed by atoms with Crippen LogP contribution in [0.25, 0.3) is 10.8 Å². The SMILES string of the molecule is CC[C@@H](C)[C@H](C)NC(=O)c1cc2ccccc2c(=O)[nH]1. The van der Waals surface area contributed by atoms with E-state index in [1.807, 2.05) is 25.1 Å². The smallest absolute Gasteiger partial charge is 0.268 e. The van der Waals surface area contributed by atoms with Crippen molar-refractivity contribution in [3.63, 3.8) is 0 Å². The van der Waals surface area contributed by atoms with Gasteiger partial charge < -0.3 is 10.3 Å². The molecule has 20 heavy (non-hydrogen) atoms. The number of hydrogen-bond acceptors (Lipinski definition) is 2. The van der Waals surface area contributed by atoms with Crippen LogP contribution in [0.4, 0.5) is 0 Å². The summed E-state index contributed by atoms with van der Waals surface area (Å²) in [6.45, 7) is 6.16. The number of hydrogen-bond donors (Lipinski definition) is 2. The van der Waals surface area contributed by atoms with Crippen LogP contribution in [0.5, 0.6) is 0 Å². The van der Waals surface area contributed by atoms with Crippen molar-refractivity contribution in [2.45, 2.75) is 33.2 Å². The lowest BCUT2D eigenvalue weighted by atomic mass is 10.0. The van der Waals surface area contributed by atoms with Gasteiger partial charge in [-0.15, -0.1) is 0 Å². The van der Waals surface area contributed by atoms with Crippen LogP contribution in [0.2, 0.25) is 0 Å². The Labute approximate surface area is 118 Å². The van der Waals surface area contributed by atoms with Crippen LogP contribution in [0.3, 0.4) is 0 Å². The van der Waals surface area contributed by atoms with Gasteiger partial charge in [-0.25, -0.2) is 0 Å². The first-order valence-electron chi connectivity index (χ1n) is 6.96. The van der Waals surface area contributed by atoms with Gasteiger partial charge in [0.1, 0.15) is 5.69 Å². The molecule has 1 aromatic heterocycles. The molecular formula is C16H20N2O2. The van der Waals surface area contributed by atoms with E-state index in [1.54, 1.807) is 12.1 Å². The number of benzene rings is 1. The summed E-state index contributed by atoms with van der Waals surface area (Å²) in [6.07, 6.45) is 0.996. The summed E-state index contributed by atoms with van der Waals surface area (Å²) in [5.74, 6) is 0.159. The van der Waals surface area contributed by atoms with E-state index >= 15 is 0 Å². The van der Waals surface area contributed by atoms with E-state index in [0.29, 0.717) is 17.0 Å². The number of rotatable bonds is 4.